The van der Waals surface area contributed by atoms with Crippen LogP contribution in [-0.4, -0.2) is 17.6 Å². The van der Waals surface area contributed by atoms with Gasteiger partial charge in [0.15, 0.2) is 0 Å². The van der Waals surface area contributed by atoms with Gasteiger partial charge in [0.05, 0.1) is 17.8 Å². The molecule has 1 saturated carbocycles. The summed E-state index contributed by atoms with van der Waals surface area (Å²) < 4.78 is 7.03. The highest BCUT2D eigenvalue weighted by Crippen LogP contribution is 2.37. The highest BCUT2D eigenvalue weighted by Gasteiger charge is 2.27. The molecule has 1 aliphatic rings. The summed E-state index contributed by atoms with van der Waals surface area (Å²) in [5.74, 6) is 0.385. The van der Waals surface area contributed by atoms with E-state index in [9.17, 15) is 4.79 Å². The highest BCUT2D eigenvalue weighted by atomic mass is 35.5. The van der Waals surface area contributed by atoms with Crippen molar-refractivity contribution in [1.82, 2.24) is 4.57 Å². The predicted octanol–water partition coefficient (Wildman–Crippen LogP) is 3.32. The Balaban J connectivity index is 1.81. The van der Waals surface area contributed by atoms with E-state index < -0.39 is 0 Å². The third-order valence-electron chi connectivity index (χ3n) is 3.48. The average Bonchev–Trinajstić information content (AvgIpc) is 3.21. The molecule has 0 radical (unpaired) electrons. The Morgan fingerprint density at radius 2 is 2.19 bits per heavy atom. The van der Waals surface area contributed by atoms with Crippen molar-refractivity contribution in [2.24, 2.45) is 0 Å². The maximum absolute atomic E-state index is 12.4. The van der Waals surface area contributed by atoms with Gasteiger partial charge in [-0.05, 0) is 37.1 Å². The number of ether oxygens (including phenoxy) is 1. The molecule has 1 aromatic carbocycles. The van der Waals surface area contributed by atoms with Crippen LogP contribution in [-0.2, 0) is 0 Å². The third kappa shape index (κ3) is 2.83. The van der Waals surface area contributed by atoms with Crippen LogP contribution in [0.2, 0.25) is 5.02 Å². The monoisotopic (exact) mass is 305 g/mol. The minimum Gasteiger partial charge on any atom is -0.495 e. The van der Waals surface area contributed by atoms with Crippen molar-refractivity contribution >= 4 is 28.9 Å². The molecule has 110 valence electrons. The van der Waals surface area contributed by atoms with Crippen LogP contribution >= 0.6 is 11.6 Å². The number of methoxy groups -OCH3 is 1. The lowest BCUT2D eigenvalue weighted by atomic mass is 10.2. The molecule has 0 spiro atoms. The predicted molar refractivity (Wildman–Crippen MR) is 83.1 cm³/mol. The minimum absolute atomic E-state index is 0.196. The molecule has 0 saturated heterocycles. The summed E-state index contributed by atoms with van der Waals surface area (Å²) in [5, 5.41) is 3.40. The Morgan fingerprint density at radius 1 is 1.43 bits per heavy atom. The van der Waals surface area contributed by atoms with E-state index in [0.29, 0.717) is 33.9 Å². The maximum atomic E-state index is 12.4. The van der Waals surface area contributed by atoms with Crippen molar-refractivity contribution in [3.63, 3.8) is 0 Å². The molecular weight excluding hydrogens is 290 g/mol. The molecule has 5 nitrogen and oxygen atoms in total. The van der Waals surface area contributed by atoms with E-state index in [4.69, 9.17) is 22.1 Å². The summed E-state index contributed by atoms with van der Waals surface area (Å²) in [6, 6.07) is 7.21. The first-order valence-corrected chi connectivity index (χ1v) is 7.08. The van der Waals surface area contributed by atoms with Crippen molar-refractivity contribution in [3.05, 3.63) is 41.2 Å². The van der Waals surface area contributed by atoms with E-state index in [1.54, 1.807) is 37.6 Å². The SMILES string of the molecule is COc1ccc(NC(=O)c2cc(Cl)cn2C2CC2)cc1N. The Morgan fingerprint density at radius 3 is 2.81 bits per heavy atom. The molecule has 21 heavy (non-hydrogen) atoms. The van der Waals surface area contributed by atoms with E-state index in [1.807, 2.05) is 4.57 Å². The van der Waals surface area contributed by atoms with E-state index in [0.717, 1.165) is 12.8 Å². The summed E-state index contributed by atoms with van der Waals surface area (Å²) in [6.45, 7) is 0. The largest absolute Gasteiger partial charge is 0.495 e. The van der Waals surface area contributed by atoms with Gasteiger partial charge in [0.25, 0.3) is 5.91 Å². The van der Waals surface area contributed by atoms with E-state index in [1.165, 1.54) is 0 Å². The molecule has 1 amide bonds. The van der Waals surface area contributed by atoms with Gasteiger partial charge in [-0.2, -0.15) is 0 Å². The number of carbonyl (C=O) groups excluding carboxylic acids is 1. The summed E-state index contributed by atoms with van der Waals surface area (Å²) in [5.41, 5.74) is 7.50. The zero-order valence-corrected chi connectivity index (χ0v) is 12.4. The summed E-state index contributed by atoms with van der Waals surface area (Å²) in [7, 11) is 1.55. The molecule has 1 fully saturated rings. The van der Waals surface area contributed by atoms with Gasteiger partial charge in [-0.15, -0.1) is 0 Å². The smallest absolute Gasteiger partial charge is 0.272 e. The topological polar surface area (TPSA) is 69.3 Å². The fourth-order valence-electron chi connectivity index (χ4n) is 2.29. The first-order chi connectivity index (χ1) is 10.1. The maximum Gasteiger partial charge on any atom is 0.272 e. The molecule has 1 heterocycles. The van der Waals surface area contributed by atoms with E-state index in [2.05, 4.69) is 5.32 Å². The number of amides is 1. The van der Waals surface area contributed by atoms with Crippen LogP contribution in [0.5, 0.6) is 5.75 Å². The van der Waals surface area contributed by atoms with Gasteiger partial charge in [-0.1, -0.05) is 11.6 Å². The van der Waals surface area contributed by atoms with Crippen LogP contribution in [0.3, 0.4) is 0 Å². The molecule has 3 N–H and O–H groups in total. The summed E-state index contributed by atoms with van der Waals surface area (Å²) >= 11 is 6.01. The van der Waals surface area contributed by atoms with E-state index >= 15 is 0 Å². The van der Waals surface area contributed by atoms with Crippen LogP contribution in [0.15, 0.2) is 30.5 Å². The minimum atomic E-state index is -0.196. The van der Waals surface area contributed by atoms with E-state index in [-0.39, 0.29) is 5.91 Å². The lowest BCUT2D eigenvalue weighted by Gasteiger charge is -2.10. The quantitative estimate of drug-likeness (QED) is 0.851. The number of anilines is 2. The molecule has 3 rings (SSSR count). The number of hydrogen-bond acceptors (Lipinski definition) is 3. The van der Waals surface area contributed by atoms with Crippen LogP contribution in [0.4, 0.5) is 11.4 Å². The van der Waals surface area contributed by atoms with Crippen molar-refractivity contribution in [1.29, 1.82) is 0 Å². The number of nitrogens with one attached hydrogen (secondary N) is 1. The van der Waals surface area contributed by atoms with Gasteiger partial charge in [-0.3, -0.25) is 4.79 Å². The molecular formula is C15H16ClN3O2. The molecule has 2 aromatic rings. The number of rotatable bonds is 4. The second-order valence-electron chi connectivity index (χ2n) is 5.09. The van der Waals surface area contributed by atoms with Gasteiger partial charge in [0.2, 0.25) is 0 Å². The first-order valence-electron chi connectivity index (χ1n) is 6.70. The number of halogens is 1. The van der Waals surface area contributed by atoms with Crippen molar-refractivity contribution < 1.29 is 9.53 Å². The van der Waals surface area contributed by atoms with Gasteiger partial charge >= 0.3 is 0 Å². The fraction of sp³-hybridized carbons (Fsp3) is 0.267. The van der Waals surface area contributed by atoms with Gasteiger partial charge < -0.3 is 20.4 Å². The zero-order valence-electron chi connectivity index (χ0n) is 11.6. The Hall–Kier alpha value is -2.14. The Bertz CT molecular complexity index is 692. The number of nitrogen functional groups attached to an aromatic ring is 1. The van der Waals surface area contributed by atoms with Gasteiger partial charge in [0.1, 0.15) is 11.4 Å². The molecule has 6 heteroatoms. The van der Waals surface area contributed by atoms with Gasteiger partial charge in [-0.25, -0.2) is 0 Å². The number of nitrogens with zero attached hydrogens (tertiary/aromatic N) is 1. The number of nitrogens with two attached hydrogens (primary N) is 1. The van der Waals surface area contributed by atoms with Crippen molar-refractivity contribution in [2.45, 2.75) is 18.9 Å². The fourth-order valence-corrected chi connectivity index (χ4v) is 2.50. The van der Waals surface area contributed by atoms with Crippen LogP contribution in [0.25, 0.3) is 0 Å². The molecule has 0 unspecified atom stereocenters. The number of hydrogen-bond donors (Lipinski definition) is 2. The second kappa shape index (κ2) is 5.33. The number of benzene rings is 1. The Kier molecular flexibility index (Phi) is 3.51. The standard InChI is InChI=1S/C15H16ClN3O2/c1-21-14-5-2-10(7-12(14)17)18-15(20)13-6-9(16)8-19(13)11-3-4-11/h2,5-8,11H,3-4,17H2,1H3,(H,18,20). The lowest BCUT2D eigenvalue weighted by Crippen LogP contribution is -2.16. The average molecular weight is 306 g/mol. The molecule has 0 aliphatic heterocycles. The third-order valence-corrected chi connectivity index (χ3v) is 3.68. The van der Waals surface area contributed by atoms with Gasteiger partial charge in [0, 0.05) is 17.9 Å². The summed E-state index contributed by atoms with van der Waals surface area (Å²) in [4.78, 5) is 12.4. The Labute approximate surface area is 127 Å². The van der Waals surface area contributed by atoms with Crippen LogP contribution in [0, 0.1) is 0 Å². The second-order valence-corrected chi connectivity index (χ2v) is 5.53. The summed E-state index contributed by atoms with van der Waals surface area (Å²) in [6.07, 6.45) is 3.97. The number of carbonyl (C=O) groups is 1. The molecule has 0 bridgehead atoms. The zero-order chi connectivity index (χ0) is 15.0. The number of aromatic nitrogens is 1. The normalized spacial score (nSPS) is 14.0. The molecule has 1 aromatic heterocycles. The molecule has 1 aliphatic carbocycles. The van der Waals surface area contributed by atoms with Crippen LogP contribution < -0.4 is 15.8 Å². The molecule has 0 atom stereocenters. The highest BCUT2D eigenvalue weighted by molar-refractivity contribution is 6.31. The van der Waals surface area contributed by atoms with Crippen LogP contribution in [0.1, 0.15) is 29.4 Å². The lowest BCUT2D eigenvalue weighted by molar-refractivity contribution is 0.101. The first kappa shape index (κ1) is 13.8. The van der Waals surface area contributed by atoms with Crippen molar-refractivity contribution in [3.8, 4) is 5.75 Å². The van der Waals surface area contributed by atoms with Crippen molar-refractivity contribution in [2.75, 3.05) is 18.2 Å².